The fourth-order valence-electron chi connectivity index (χ4n) is 4.06. The lowest BCUT2D eigenvalue weighted by atomic mass is 10.0. The van der Waals surface area contributed by atoms with E-state index >= 15 is 4.39 Å². The number of halogens is 1. The van der Waals surface area contributed by atoms with E-state index in [1.165, 1.54) is 29.2 Å². The molecular weight excluding hydrogens is 399 g/mol. The highest BCUT2D eigenvalue weighted by Gasteiger charge is 2.30. The van der Waals surface area contributed by atoms with Gasteiger partial charge in [-0.3, -0.25) is 9.59 Å². The average Bonchev–Trinajstić information content (AvgIpc) is 3.18. The summed E-state index contributed by atoms with van der Waals surface area (Å²) in [7, 11) is 0. The van der Waals surface area contributed by atoms with Gasteiger partial charge in [-0.05, 0) is 48.4 Å². The number of benzene rings is 3. The summed E-state index contributed by atoms with van der Waals surface area (Å²) in [4.78, 5) is 27.3. The van der Waals surface area contributed by atoms with Crippen molar-refractivity contribution >= 4 is 17.5 Å². The van der Waals surface area contributed by atoms with Crippen molar-refractivity contribution in [3.05, 3.63) is 77.1 Å². The molecule has 31 heavy (non-hydrogen) atoms. The van der Waals surface area contributed by atoms with Crippen molar-refractivity contribution in [2.24, 2.45) is 0 Å². The summed E-state index contributed by atoms with van der Waals surface area (Å²) in [5, 5.41) is 13.0. The molecule has 0 aliphatic carbocycles. The predicted molar refractivity (Wildman–Crippen MR) is 113 cm³/mol. The van der Waals surface area contributed by atoms with Crippen LogP contribution in [-0.2, 0) is 6.42 Å². The van der Waals surface area contributed by atoms with E-state index in [1.807, 2.05) is 0 Å². The van der Waals surface area contributed by atoms with Crippen molar-refractivity contribution in [3.63, 3.8) is 0 Å². The van der Waals surface area contributed by atoms with E-state index in [-0.39, 0.29) is 35.9 Å². The molecule has 3 aromatic rings. The Morgan fingerprint density at radius 2 is 1.84 bits per heavy atom. The molecule has 0 unspecified atom stereocenters. The highest BCUT2D eigenvalue weighted by Crippen LogP contribution is 2.39. The second-order valence-corrected chi connectivity index (χ2v) is 7.50. The van der Waals surface area contributed by atoms with Crippen LogP contribution in [-0.4, -0.2) is 36.6 Å². The molecule has 0 atom stereocenters. The van der Waals surface area contributed by atoms with Gasteiger partial charge in [0.2, 0.25) is 0 Å². The van der Waals surface area contributed by atoms with E-state index in [0.29, 0.717) is 41.1 Å². The zero-order valence-corrected chi connectivity index (χ0v) is 16.5. The van der Waals surface area contributed by atoms with Crippen LogP contribution < -0.4 is 15.0 Å². The molecule has 0 spiro atoms. The molecule has 2 aliphatic rings. The van der Waals surface area contributed by atoms with Gasteiger partial charge >= 0.3 is 0 Å². The van der Waals surface area contributed by atoms with Gasteiger partial charge in [-0.2, -0.15) is 0 Å². The number of nitrogens with zero attached hydrogens (tertiary/aromatic N) is 1. The smallest absolute Gasteiger partial charge is 0.262 e. The monoisotopic (exact) mass is 418 g/mol. The lowest BCUT2D eigenvalue weighted by Crippen LogP contribution is -2.30. The number of fused-ring (bicyclic) bond motifs is 5. The number of carbonyl (C=O) groups is 2. The first kappa shape index (κ1) is 19.1. The molecule has 7 heteroatoms. The maximum absolute atomic E-state index is 15.0. The van der Waals surface area contributed by atoms with E-state index in [1.54, 1.807) is 30.3 Å². The van der Waals surface area contributed by atoms with Gasteiger partial charge in [0.1, 0.15) is 23.9 Å². The van der Waals surface area contributed by atoms with Gasteiger partial charge < -0.3 is 20.1 Å². The summed E-state index contributed by atoms with van der Waals surface area (Å²) in [5.41, 5.74) is 2.47. The van der Waals surface area contributed by atoms with Crippen molar-refractivity contribution in [2.45, 2.75) is 6.42 Å². The van der Waals surface area contributed by atoms with Crippen molar-refractivity contribution in [2.75, 3.05) is 24.6 Å². The molecule has 4 bridgehead atoms. The van der Waals surface area contributed by atoms with Gasteiger partial charge in [-0.25, -0.2) is 4.39 Å². The molecule has 0 saturated heterocycles. The summed E-state index contributed by atoms with van der Waals surface area (Å²) in [6, 6.07) is 14.4. The Kier molecular flexibility index (Phi) is 4.58. The van der Waals surface area contributed by atoms with E-state index in [9.17, 15) is 14.7 Å². The number of anilines is 1. The molecule has 0 radical (unpaired) electrons. The third-order valence-corrected chi connectivity index (χ3v) is 5.62. The topological polar surface area (TPSA) is 78.9 Å². The molecule has 0 aromatic heterocycles. The lowest BCUT2D eigenvalue weighted by Gasteiger charge is -2.20. The highest BCUT2D eigenvalue weighted by atomic mass is 19.1. The first-order chi connectivity index (χ1) is 15.0. The van der Waals surface area contributed by atoms with Crippen LogP contribution in [0.1, 0.15) is 26.3 Å². The number of phenols is 1. The predicted octanol–water partition coefficient (Wildman–Crippen LogP) is 3.52. The molecule has 5 rings (SSSR count). The van der Waals surface area contributed by atoms with Gasteiger partial charge in [-0.15, -0.1) is 0 Å². The summed E-state index contributed by atoms with van der Waals surface area (Å²) < 4.78 is 20.8. The largest absolute Gasteiger partial charge is 0.507 e. The SMILES string of the molecule is O=C1NCCOc2ccccc2-c2cc3c(cc2F)CCN3C(=O)c2cc1ccc2O. The van der Waals surface area contributed by atoms with Crippen LogP contribution in [0.3, 0.4) is 0 Å². The van der Waals surface area contributed by atoms with Crippen molar-refractivity contribution in [3.8, 4) is 22.6 Å². The van der Waals surface area contributed by atoms with Crippen LogP contribution in [0.5, 0.6) is 11.5 Å². The van der Waals surface area contributed by atoms with Crippen LogP contribution in [0.2, 0.25) is 0 Å². The van der Waals surface area contributed by atoms with Gasteiger partial charge in [0.25, 0.3) is 11.8 Å². The van der Waals surface area contributed by atoms with E-state index < -0.39 is 11.7 Å². The summed E-state index contributed by atoms with van der Waals surface area (Å²) in [5.74, 6) is -0.946. The Labute approximate surface area is 177 Å². The number of para-hydroxylation sites is 1. The van der Waals surface area contributed by atoms with Crippen molar-refractivity contribution < 1.29 is 23.8 Å². The Morgan fingerprint density at radius 3 is 2.71 bits per heavy atom. The van der Waals surface area contributed by atoms with Crippen LogP contribution in [0, 0.1) is 5.82 Å². The zero-order chi connectivity index (χ0) is 21.5. The van der Waals surface area contributed by atoms with E-state index in [4.69, 9.17) is 4.74 Å². The normalized spacial score (nSPS) is 15.5. The van der Waals surface area contributed by atoms with Gasteiger partial charge in [0, 0.05) is 28.9 Å². The minimum absolute atomic E-state index is 0.0258. The minimum atomic E-state index is -0.442. The Morgan fingerprint density at radius 1 is 1.00 bits per heavy atom. The number of hydrogen-bond donors (Lipinski definition) is 2. The lowest BCUT2D eigenvalue weighted by molar-refractivity contribution is 0.0947. The second-order valence-electron chi connectivity index (χ2n) is 7.50. The quantitative estimate of drug-likeness (QED) is 0.586. The summed E-state index contributed by atoms with van der Waals surface area (Å²) in [6.45, 7) is 0.756. The fraction of sp³-hybridized carbons (Fsp3) is 0.167. The fourth-order valence-corrected chi connectivity index (χ4v) is 4.06. The maximum Gasteiger partial charge on any atom is 0.262 e. The van der Waals surface area contributed by atoms with Crippen LogP contribution in [0.4, 0.5) is 10.1 Å². The number of ether oxygens (including phenoxy) is 1. The van der Waals surface area contributed by atoms with Crippen molar-refractivity contribution in [1.82, 2.24) is 5.32 Å². The van der Waals surface area contributed by atoms with Crippen LogP contribution in [0.25, 0.3) is 11.1 Å². The first-order valence-corrected chi connectivity index (χ1v) is 10.0. The number of amides is 2. The number of aromatic hydroxyl groups is 1. The van der Waals surface area contributed by atoms with E-state index in [0.717, 1.165) is 0 Å². The van der Waals surface area contributed by atoms with Gasteiger partial charge in [0.15, 0.2) is 0 Å². The number of nitrogens with one attached hydrogen (secondary N) is 1. The Bertz CT molecular complexity index is 1220. The molecule has 2 amide bonds. The second kappa shape index (κ2) is 7.43. The highest BCUT2D eigenvalue weighted by molar-refractivity contribution is 6.10. The molecule has 0 saturated carbocycles. The summed E-state index contributed by atoms with van der Waals surface area (Å²) in [6.07, 6.45) is 0.497. The third kappa shape index (κ3) is 3.28. The molecule has 0 fully saturated rings. The molecule has 2 N–H and O–H groups in total. The maximum atomic E-state index is 15.0. The molecule has 156 valence electrons. The number of phenolic OH excluding ortho intramolecular Hbond substituents is 1. The van der Waals surface area contributed by atoms with Crippen LogP contribution in [0.15, 0.2) is 54.6 Å². The number of hydrogen-bond acceptors (Lipinski definition) is 4. The number of carbonyl (C=O) groups excluding carboxylic acids is 2. The summed E-state index contributed by atoms with van der Waals surface area (Å²) >= 11 is 0. The first-order valence-electron chi connectivity index (χ1n) is 10.0. The standard InChI is InChI=1S/C24H19FN2O4/c25-19-12-14-7-9-27-20(14)13-17(19)16-3-1-2-4-22(16)31-10-8-26-23(29)15-5-6-21(28)18(11-15)24(27)30/h1-6,11-13,28H,7-10H2,(H,26,29). The Hall–Kier alpha value is -3.87. The molecular formula is C24H19FN2O4. The molecule has 6 nitrogen and oxygen atoms in total. The molecule has 3 aromatic carbocycles. The molecule has 2 aliphatic heterocycles. The van der Waals surface area contributed by atoms with Gasteiger partial charge in [0.05, 0.1) is 12.1 Å². The third-order valence-electron chi connectivity index (χ3n) is 5.62. The average molecular weight is 418 g/mol. The molecule has 2 heterocycles. The minimum Gasteiger partial charge on any atom is -0.507 e. The number of rotatable bonds is 0. The van der Waals surface area contributed by atoms with E-state index in [2.05, 4.69) is 5.32 Å². The zero-order valence-electron chi connectivity index (χ0n) is 16.5. The van der Waals surface area contributed by atoms with Crippen molar-refractivity contribution in [1.29, 1.82) is 0 Å². The van der Waals surface area contributed by atoms with Crippen LogP contribution >= 0.6 is 0 Å². The van der Waals surface area contributed by atoms with Gasteiger partial charge in [-0.1, -0.05) is 18.2 Å². The Balaban J connectivity index is 1.69.